The highest BCUT2D eigenvalue weighted by molar-refractivity contribution is 5.84. The van der Waals surface area contributed by atoms with E-state index in [0.717, 1.165) is 11.1 Å². The van der Waals surface area contributed by atoms with Crippen LogP contribution >= 0.6 is 0 Å². The molecule has 0 atom stereocenters. The maximum Gasteiger partial charge on any atom is 0.163 e. The molecule has 13 heavy (non-hydrogen) atoms. The molecule has 0 saturated carbocycles. The number of rotatable bonds is 0. The first-order chi connectivity index (χ1) is 6.18. The van der Waals surface area contributed by atoms with Crippen LogP contribution in [0.25, 0.3) is 10.9 Å². The van der Waals surface area contributed by atoms with E-state index in [1.165, 1.54) is 0 Å². The van der Waals surface area contributed by atoms with Crippen LogP contribution in [0.15, 0.2) is 18.3 Å². The van der Waals surface area contributed by atoms with Gasteiger partial charge in [0.2, 0.25) is 0 Å². The highest BCUT2D eigenvalue weighted by Gasteiger charge is 2.04. The summed E-state index contributed by atoms with van der Waals surface area (Å²) in [5.41, 5.74) is 2.14. The van der Waals surface area contributed by atoms with Crippen LogP contribution in [0.3, 0.4) is 0 Å². The molecule has 2 heterocycles. The van der Waals surface area contributed by atoms with Crippen LogP contribution in [0.2, 0.25) is 0 Å². The van der Waals surface area contributed by atoms with Crippen molar-refractivity contribution in [1.29, 1.82) is 0 Å². The van der Waals surface area contributed by atoms with Gasteiger partial charge in [-0.15, -0.1) is 0 Å². The molecule has 0 unspecified atom stereocenters. The van der Waals surface area contributed by atoms with Gasteiger partial charge in [-0.2, -0.15) is 0 Å². The van der Waals surface area contributed by atoms with E-state index in [2.05, 4.69) is 9.97 Å². The van der Waals surface area contributed by atoms with Gasteiger partial charge in [-0.05, 0) is 26.0 Å². The van der Waals surface area contributed by atoms with Crippen LogP contribution in [-0.4, -0.2) is 15.1 Å². The number of hydrogen-bond acceptors (Lipinski definition) is 3. The van der Waals surface area contributed by atoms with Crippen molar-refractivity contribution in [2.45, 2.75) is 13.8 Å². The summed E-state index contributed by atoms with van der Waals surface area (Å²) in [6.07, 6.45) is 1.72. The van der Waals surface area contributed by atoms with E-state index in [1.807, 2.05) is 19.1 Å². The molecule has 0 amide bonds. The lowest BCUT2D eigenvalue weighted by Gasteiger charge is -2.02. The Hall–Kier alpha value is -1.64. The smallest absolute Gasteiger partial charge is 0.163 e. The molecular formula is C10H10N2O. The summed E-state index contributed by atoms with van der Waals surface area (Å²) in [7, 11) is 0. The number of nitrogens with zero attached hydrogens (tertiary/aromatic N) is 2. The molecule has 0 bridgehead atoms. The van der Waals surface area contributed by atoms with E-state index in [4.69, 9.17) is 0 Å². The molecule has 66 valence electrons. The van der Waals surface area contributed by atoms with E-state index in [9.17, 15) is 5.11 Å². The lowest BCUT2D eigenvalue weighted by Crippen LogP contribution is -1.88. The molecule has 2 rings (SSSR count). The van der Waals surface area contributed by atoms with Crippen molar-refractivity contribution in [3.63, 3.8) is 0 Å². The van der Waals surface area contributed by atoms with Gasteiger partial charge in [0.05, 0.1) is 5.69 Å². The number of hydrogen-bond donors (Lipinski definition) is 1. The van der Waals surface area contributed by atoms with E-state index in [1.54, 1.807) is 13.1 Å². The summed E-state index contributed by atoms with van der Waals surface area (Å²) in [6, 6.07) is 3.81. The Morgan fingerprint density at radius 1 is 1.23 bits per heavy atom. The fourth-order valence-corrected chi connectivity index (χ4v) is 1.26. The standard InChI is InChI=1S/C10H10N2O/c1-6-3-4-8-5-11-7(2)10(13)9(8)12-6/h3-5,13H,1-2H3. The Morgan fingerprint density at radius 2 is 2.00 bits per heavy atom. The zero-order valence-electron chi connectivity index (χ0n) is 7.57. The Labute approximate surface area is 76.1 Å². The largest absolute Gasteiger partial charge is 0.504 e. The number of fused-ring (bicyclic) bond motifs is 1. The van der Waals surface area contributed by atoms with Crippen molar-refractivity contribution in [1.82, 2.24) is 9.97 Å². The summed E-state index contributed by atoms with van der Waals surface area (Å²) in [4.78, 5) is 8.29. The van der Waals surface area contributed by atoms with Gasteiger partial charge in [0.15, 0.2) is 5.75 Å². The molecule has 0 spiro atoms. The molecule has 0 fully saturated rings. The number of aromatic hydroxyl groups is 1. The molecule has 0 radical (unpaired) electrons. The second kappa shape index (κ2) is 2.69. The van der Waals surface area contributed by atoms with Gasteiger partial charge >= 0.3 is 0 Å². The zero-order chi connectivity index (χ0) is 9.42. The molecule has 0 aliphatic heterocycles. The van der Waals surface area contributed by atoms with Crippen molar-refractivity contribution in [3.8, 4) is 5.75 Å². The molecule has 0 aromatic carbocycles. The third-order valence-electron chi connectivity index (χ3n) is 2.03. The SMILES string of the molecule is Cc1ccc2cnc(C)c(O)c2n1. The van der Waals surface area contributed by atoms with Crippen LogP contribution < -0.4 is 0 Å². The van der Waals surface area contributed by atoms with E-state index in [0.29, 0.717) is 11.2 Å². The molecule has 0 aliphatic carbocycles. The van der Waals surface area contributed by atoms with Crippen LogP contribution in [0.5, 0.6) is 5.75 Å². The molecule has 3 nitrogen and oxygen atoms in total. The van der Waals surface area contributed by atoms with Crippen LogP contribution in [0.4, 0.5) is 0 Å². The molecule has 0 saturated heterocycles. The lowest BCUT2D eigenvalue weighted by atomic mass is 10.2. The number of aryl methyl sites for hydroxylation is 2. The topological polar surface area (TPSA) is 46.0 Å². The molecule has 0 aliphatic rings. The first kappa shape index (κ1) is 7.98. The van der Waals surface area contributed by atoms with Gasteiger partial charge < -0.3 is 5.11 Å². The fraction of sp³-hybridized carbons (Fsp3) is 0.200. The molecule has 3 heteroatoms. The minimum Gasteiger partial charge on any atom is -0.504 e. The summed E-state index contributed by atoms with van der Waals surface area (Å²) in [6.45, 7) is 3.66. The second-order valence-corrected chi connectivity index (χ2v) is 3.08. The van der Waals surface area contributed by atoms with Crippen molar-refractivity contribution < 1.29 is 5.11 Å². The van der Waals surface area contributed by atoms with Crippen molar-refractivity contribution in [3.05, 3.63) is 29.7 Å². The van der Waals surface area contributed by atoms with Gasteiger partial charge in [0.1, 0.15) is 5.52 Å². The van der Waals surface area contributed by atoms with Gasteiger partial charge in [-0.25, -0.2) is 4.98 Å². The average molecular weight is 174 g/mol. The summed E-state index contributed by atoms with van der Waals surface area (Å²) in [5.74, 6) is 0.182. The van der Waals surface area contributed by atoms with Gasteiger partial charge in [0.25, 0.3) is 0 Å². The van der Waals surface area contributed by atoms with Gasteiger partial charge in [0, 0.05) is 17.3 Å². The van der Waals surface area contributed by atoms with Crippen molar-refractivity contribution in [2.75, 3.05) is 0 Å². The summed E-state index contributed by atoms with van der Waals surface area (Å²) < 4.78 is 0. The monoisotopic (exact) mass is 174 g/mol. The highest BCUT2D eigenvalue weighted by Crippen LogP contribution is 2.24. The third kappa shape index (κ3) is 1.22. The van der Waals surface area contributed by atoms with E-state index < -0.39 is 0 Å². The van der Waals surface area contributed by atoms with Crippen LogP contribution in [0.1, 0.15) is 11.4 Å². The normalized spacial score (nSPS) is 10.6. The van der Waals surface area contributed by atoms with Gasteiger partial charge in [-0.1, -0.05) is 0 Å². The van der Waals surface area contributed by atoms with Crippen LogP contribution in [-0.2, 0) is 0 Å². The van der Waals surface area contributed by atoms with Crippen molar-refractivity contribution in [2.24, 2.45) is 0 Å². The van der Waals surface area contributed by atoms with Crippen molar-refractivity contribution >= 4 is 10.9 Å². The zero-order valence-corrected chi connectivity index (χ0v) is 7.57. The number of pyridine rings is 2. The van der Waals surface area contributed by atoms with Gasteiger partial charge in [-0.3, -0.25) is 4.98 Å². The highest BCUT2D eigenvalue weighted by atomic mass is 16.3. The Kier molecular flexibility index (Phi) is 1.65. The second-order valence-electron chi connectivity index (χ2n) is 3.08. The minimum atomic E-state index is 0.182. The van der Waals surface area contributed by atoms with Crippen LogP contribution in [0, 0.1) is 13.8 Å². The summed E-state index contributed by atoms with van der Waals surface area (Å²) >= 11 is 0. The Balaban J connectivity index is 2.89. The molecule has 2 aromatic rings. The Bertz CT molecular complexity index is 460. The Morgan fingerprint density at radius 3 is 2.77 bits per heavy atom. The first-order valence-electron chi connectivity index (χ1n) is 4.10. The maximum atomic E-state index is 9.66. The quantitative estimate of drug-likeness (QED) is 0.664. The first-order valence-corrected chi connectivity index (χ1v) is 4.10. The van der Waals surface area contributed by atoms with E-state index in [-0.39, 0.29) is 5.75 Å². The lowest BCUT2D eigenvalue weighted by molar-refractivity contribution is 0.473. The maximum absolute atomic E-state index is 9.66. The molecule has 1 N–H and O–H groups in total. The number of aromatic nitrogens is 2. The molecular weight excluding hydrogens is 164 g/mol. The predicted molar refractivity (Wildman–Crippen MR) is 50.7 cm³/mol. The predicted octanol–water partition coefficient (Wildman–Crippen LogP) is 1.95. The minimum absolute atomic E-state index is 0.182. The fourth-order valence-electron chi connectivity index (χ4n) is 1.26. The third-order valence-corrected chi connectivity index (χ3v) is 2.03. The van der Waals surface area contributed by atoms with E-state index >= 15 is 0 Å². The average Bonchev–Trinajstić information content (AvgIpc) is 2.12. The summed E-state index contributed by atoms with van der Waals surface area (Å²) in [5, 5.41) is 10.5. The molecule has 2 aromatic heterocycles.